The Kier molecular flexibility index (Phi) is 3.47. The number of phenolic OH excluding ortho intramolecular Hbond substituents is 2. The molecule has 0 aliphatic carbocycles. The van der Waals surface area contributed by atoms with Gasteiger partial charge in [-0.2, -0.15) is 0 Å². The van der Waals surface area contributed by atoms with Crippen molar-refractivity contribution in [2.45, 2.75) is 12.5 Å². The van der Waals surface area contributed by atoms with E-state index < -0.39 is 24.2 Å². The Hall–Kier alpha value is -2.08. The summed E-state index contributed by atoms with van der Waals surface area (Å²) >= 11 is 0. The molecule has 0 saturated heterocycles. The minimum atomic E-state index is -1.25. The van der Waals surface area contributed by atoms with Gasteiger partial charge in [0.2, 0.25) is 0 Å². The van der Waals surface area contributed by atoms with Gasteiger partial charge in [0.05, 0.1) is 18.0 Å². The largest absolute Gasteiger partial charge is 0.508 e. The molecule has 6 nitrogen and oxygen atoms in total. The van der Waals surface area contributed by atoms with E-state index >= 15 is 0 Å². The second-order valence-corrected chi connectivity index (χ2v) is 3.27. The number of carboxylic acid groups (broad SMARTS) is 1. The van der Waals surface area contributed by atoms with Crippen LogP contribution in [-0.2, 0) is 4.79 Å². The molecule has 0 bridgehead atoms. The number of carboxylic acids is 1. The third-order valence-electron chi connectivity index (χ3n) is 1.98. The first-order chi connectivity index (χ1) is 7.41. The average Bonchev–Trinajstić information content (AvgIpc) is 2.19. The van der Waals surface area contributed by atoms with Gasteiger partial charge in [0.15, 0.2) is 5.78 Å². The van der Waals surface area contributed by atoms with Crippen LogP contribution in [0.15, 0.2) is 18.2 Å². The number of carbonyl (C=O) groups is 2. The Morgan fingerprint density at radius 2 is 1.94 bits per heavy atom. The molecule has 0 saturated carbocycles. The van der Waals surface area contributed by atoms with Crippen molar-refractivity contribution < 1.29 is 24.9 Å². The number of aromatic hydroxyl groups is 2. The number of aliphatic carboxylic acids is 1. The van der Waals surface area contributed by atoms with Crippen molar-refractivity contribution in [1.29, 1.82) is 0 Å². The number of benzene rings is 1. The van der Waals surface area contributed by atoms with E-state index in [1.165, 1.54) is 6.07 Å². The second-order valence-electron chi connectivity index (χ2n) is 3.27. The number of phenols is 2. The highest BCUT2D eigenvalue weighted by Gasteiger charge is 2.21. The van der Waals surface area contributed by atoms with E-state index in [9.17, 15) is 14.7 Å². The van der Waals surface area contributed by atoms with E-state index in [4.69, 9.17) is 15.9 Å². The molecule has 6 heteroatoms. The molecule has 0 fully saturated rings. The van der Waals surface area contributed by atoms with Gasteiger partial charge in [0.25, 0.3) is 0 Å². The maximum atomic E-state index is 11.6. The monoisotopic (exact) mass is 225 g/mol. The van der Waals surface area contributed by atoms with E-state index in [0.29, 0.717) is 0 Å². The van der Waals surface area contributed by atoms with Crippen LogP contribution in [0.4, 0.5) is 0 Å². The second kappa shape index (κ2) is 4.63. The van der Waals surface area contributed by atoms with E-state index in [-0.39, 0.29) is 17.1 Å². The number of carbonyl (C=O) groups excluding carboxylic acids is 1. The highest BCUT2D eigenvalue weighted by Crippen LogP contribution is 2.23. The Bertz CT molecular complexity index is 429. The molecule has 1 aromatic carbocycles. The molecule has 0 spiro atoms. The van der Waals surface area contributed by atoms with Crippen molar-refractivity contribution >= 4 is 11.8 Å². The third-order valence-corrected chi connectivity index (χ3v) is 1.98. The molecule has 0 unspecified atom stereocenters. The zero-order valence-corrected chi connectivity index (χ0v) is 8.25. The van der Waals surface area contributed by atoms with E-state index in [1.807, 2.05) is 0 Å². The fourth-order valence-electron chi connectivity index (χ4n) is 1.20. The first kappa shape index (κ1) is 12.0. The van der Waals surface area contributed by atoms with Crippen molar-refractivity contribution in [1.82, 2.24) is 0 Å². The molecule has 0 radical (unpaired) electrons. The number of hydrogen-bond donors (Lipinski definition) is 4. The Morgan fingerprint density at radius 1 is 1.31 bits per heavy atom. The molecular formula is C10H11NO5. The highest BCUT2D eigenvalue weighted by molar-refractivity contribution is 6.03. The number of Topliss-reactive ketones (excluding diaryl/α,β-unsaturated/α-hetero) is 1. The molecule has 0 aromatic heterocycles. The van der Waals surface area contributed by atoms with Crippen molar-refractivity contribution in [2.75, 3.05) is 0 Å². The lowest BCUT2D eigenvalue weighted by molar-refractivity contribution is -0.137. The van der Waals surface area contributed by atoms with Crippen LogP contribution >= 0.6 is 0 Å². The topological polar surface area (TPSA) is 121 Å². The van der Waals surface area contributed by atoms with Gasteiger partial charge in [-0.3, -0.25) is 9.59 Å². The maximum absolute atomic E-state index is 11.6. The van der Waals surface area contributed by atoms with Gasteiger partial charge in [-0.15, -0.1) is 0 Å². The molecule has 0 amide bonds. The van der Waals surface area contributed by atoms with Crippen LogP contribution in [0.3, 0.4) is 0 Å². The lowest BCUT2D eigenvalue weighted by Gasteiger charge is -2.09. The normalized spacial score (nSPS) is 12.1. The summed E-state index contributed by atoms with van der Waals surface area (Å²) in [5.74, 6) is -2.48. The van der Waals surface area contributed by atoms with Crippen LogP contribution < -0.4 is 5.73 Å². The average molecular weight is 225 g/mol. The lowest BCUT2D eigenvalue weighted by atomic mass is 10.0. The predicted molar refractivity (Wildman–Crippen MR) is 54.3 cm³/mol. The molecule has 5 N–H and O–H groups in total. The van der Waals surface area contributed by atoms with Crippen LogP contribution in [0, 0.1) is 0 Å². The van der Waals surface area contributed by atoms with Gasteiger partial charge in [-0.25, -0.2) is 0 Å². The fourth-order valence-corrected chi connectivity index (χ4v) is 1.20. The van der Waals surface area contributed by atoms with Crippen molar-refractivity contribution in [3.8, 4) is 11.5 Å². The van der Waals surface area contributed by atoms with Crippen LogP contribution in [0.1, 0.15) is 16.8 Å². The minimum absolute atomic E-state index is 0.186. The Labute approximate surface area is 90.9 Å². The van der Waals surface area contributed by atoms with Gasteiger partial charge in [0.1, 0.15) is 11.5 Å². The van der Waals surface area contributed by atoms with Crippen LogP contribution in [0.25, 0.3) is 0 Å². The van der Waals surface area contributed by atoms with Crippen molar-refractivity contribution in [2.24, 2.45) is 5.73 Å². The fraction of sp³-hybridized carbons (Fsp3) is 0.200. The van der Waals surface area contributed by atoms with Gasteiger partial charge >= 0.3 is 5.97 Å². The van der Waals surface area contributed by atoms with Crippen LogP contribution in [-0.4, -0.2) is 33.1 Å². The third kappa shape index (κ3) is 2.71. The molecule has 0 heterocycles. The smallest absolute Gasteiger partial charge is 0.305 e. The summed E-state index contributed by atoms with van der Waals surface area (Å²) in [7, 11) is 0. The summed E-state index contributed by atoms with van der Waals surface area (Å²) in [5, 5.41) is 26.9. The lowest BCUT2D eigenvalue weighted by Crippen LogP contribution is -2.32. The molecule has 0 aliphatic heterocycles. The molecule has 16 heavy (non-hydrogen) atoms. The van der Waals surface area contributed by atoms with Gasteiger partial charge in [0, 0.05) is 0 Å². The van der Waals surface area contributed by atoms with E-state index in [1.54, 1.807) is 0 Å². The SMILES string of the molecule is N[C@@H](CC(=O)O)C(=O)c1cc(O)ccc1O. The first-order valence-corrected chi connectivity index (χ1v) is 4.45. The molecule has 86 valence electrons. The van der Waals surface area contributed by atoms with E-state index in [2.05, 4.69) is 0 Å². The molecule has 1 rings (SSSR count). The summed E-state index contributed by atoms with van der Waals surface area (Å²) in [5.41, 5.74) is 5.16. The molecule has 1 aromatic rings. The summed E-state index contributed by atoms with van der Waals surface area (Å²) in [6.45, 7) is 0. The Balaban J connectivity index is 2.95. The summed E-state index contributed by atoms with van der Waals surface area (Å²) in [6.07, 6.45) is -0.534. The van der Waals surface area contributed by atoms with E-state index in [0.717, 1.165) is 12.1 Å². The quantitative estimate of drug-likeness (QED) is 0.425. The molecule has 0 aliphatic rings. The highest BCUT2D eigenvalue weighted by atomic mass is 16.4. The number of rotatable bonds is 4. The first-order valence-electron chi connectivity index (χ1n) is 4.45. The molecular weight excluding hydrogens is 214 g/mol. The van der Waals surface area contributed by atoms with Gasteiger partial charge in [-0.05, 0) is 18.2 Å². The minimum Gasteiger partial charge on any atom is -0.508 e. The zero-order valence-electron chi connectivity index (χ0n) is 8.25. The summed E-state index contributed by atoms with van der Waals surface area (Å²) in [6, 6.07) is 2.13. The summed E-state index contributed by atoms with van der Waals surface area (Å²) in [4.78, 5) is 21.9. The maximum Gasteiger partial charge on any atom is 0.305 e. The Morgan fingerprint density at radius 3 is 2.50 bits per heavy atom. The zero-order chi connectivity index (χ0) is 12.3. The summed E-state index contributed by atoms with van der Waals surface area (Å²) < 4.78 is 0. The number of ketones is 1. The van der Waals surface area contributed by atoms with Crippen molar-refractivity contribution in [3.63, 3.8) is 0 Å². The van der Waals surface area contributed by atoms with Crippen LogP contribution in [0.5, 0.6) is 11.5 Å². The van der Waals surface area contributed by atoms with Gasteiger partial charge < -0.3 is 21.1 Å². The van der Waals surface area contributed by atoms with Crippen LogP contribution in [0.2, 0.25) is 0 Å². The standard InChI is InChI=1S/C10H11NO5/c11-7(4-9(14)15)10(16)6-3-5(12)1-2-8(6)13/h1-3,7,12-13H,4,11H2,(H,14,15)/t7-/m0/s1. The van der Waals surface area contributed by atoms with Crippen molar-refractivity contribution in [3.05, 3.63) is 23.8 Å². The molecule has 1 atom stereocenters. The number of hydrogen-bond acceptors (Lipinski definition) is 5. The van der Waals surface area contributed by atoms with Gasteiger partial charge in [-0.1, -0.05) is 0 Å². The predicted octanol–water partition coefficient (Wildman–Crippen LogP) is 0.0825. The number of nitrogens with two attached hydrogens (primary N) is 1.